The van der Waals surface area contributed by atoms with Crippen molar-refractivity contribution in [2.24, 2.45) is 0 Å². The minimum absolute atomic E-state index is 0.227. The molecule has 0 fully saturated rings. The molecule has 24 heavy (non-hydrogen) atoms. The van der Waals surface area contributed by atoms with Crippen molar-refractivity contribution in [3.8, 4) is 6.07 Å². The zero-order chi connectivity index (χ0) is 17.9. The Balaban J connectivity index is 2.25. The van der Waals surface area contributed by atoms with E-state index in [0.29, 0.717) is 6.07 Å². The molecule has 2 rings (SSSR count). The summed E-state index contributed by atoms with van der Waals surface area (Å²) in [5.74, 6) is -3.85. The van der Waals surface area contributed by atoms with Gasteiger partial charge in [-0.2, -0.15) is 18.4 Å². The highest BCUT2D eigenvalue weighted by molar-refractivity contribution is 5.95. The largest absolute Gasteiger partial charge is 0.418 e. The standard InChI is InChI=1S/C15H8F5N3O/c16-11-3-1-2-9(13(11)17)14(24)23-22-12-5-4-8(7-21)6-10(12)15(18,19)20/h1-6,22H,(H,23,24). The van der Waals surface area contributed by atoms with Gasteiger partial charge in [-0.1, -0.05) is 6.07 Å². The third-order valence-corrected chi connectivity index (χ3v) is 2.96. The summed E-state index contributed by atoms with van der Waals surface area (Å²) in [4.78, 5) is 11.8. The first-order chi connectivity index (χ1) is 11.2. The van der Waals surface area contributed by atoms with Crippen LogP contribution in [0, 0.1) is 23.0 Å². The Morgan fingerprint density at radius 2 is 1.83 bits per heavy atom. The van der Waals surface area contributed by atoms with E-state index in [0.717, 1.165) is 30.3 Å². The summed E-state index contributed by atoms with van der Waals surface area (Å²) in [5.41, 5.74) is 1.21. The second kappa shape index (κ2) is 6.54. The summed E-state index contributed by atoms with van der Waals surface area (Å²) in [6.07, 6.45) is -4.79. The number of hydrazine groups is 1. The van der Waals surface area contributed by atoms with Crippen LogP contribution in [0.25, 0.3) is 0 Å². The molecule has 0 heterocycles. The van der Waals surface area contributed by atoms with Gasteiger partial charge in [0.2, 0.25) is 0 Å². The molecular formula is C15H8F5N3O. The summed E-state index contributed by atoms with van der Waals surface area (Å²) in [6.45, 7) is 0. The van der Waals surface area contributed by atoms with Crippen LogP contribution in [-0.4, -0.2) is 5.91 Å². The molecule has 0 aliphatic heterocycles. The Bertz CT molecular complexity index is 827. The van der Waals surface area contributed by atoms with Gasteiger partial charge in [0, 0.05) is 0 Å². The Labute approximate surface area is 132 Å². The highest BCUT2D eigenvalue weighted by atomic mass is 19.4. The summed E-state index contributed by atoms with van der Waals surface area (Å²) in [7, 11) is 0. The Morgan fingerprint density at radius 3 is 2.46 bits per heavy atom. The van der Waals surface area contributed by atoms with Crippen LogP contribution < -0.4 is 10.9 Å². The smallest absolute Gasteiger partial charge is 0.298 e. The van der Waals surface area contributed by atoms with Crippen molar-refractivity contribution in [3.05, 3.63) is 64.7 Å². The van der Waals surface area contributed by atoms with Crippen molar-refractivity contribution in [1.82, 2.24) is 5.43 Å². The lowest BCUT2D eigenvalue weighted by Crippen LogP contribution is -2.31. The molecule has 0 aromatic heterocycles. The van der Waals surface area contributed by atoms with Gasteiger partial charge in [0.05, 0.1) is 28.4 Å². The number of amides is 1. The molecule has 2 aromatic carbocycles. The van der Waals surface area contributed by atoms with Crippen LogP contribution in [0.2, 0.25) is 0 Å². The predicted octanol–water partition coefficient (Wildman–Crippen LogP) is 3.61. The Hall–Kier alpha value is -3.15. The van der Waals surface area contributed by atoms with Crippen molar-refractivity contribution in [1.29, 1.82) is 5.26 Å². The highest BCUT2D eigenvalue weighted by Crippen LogP contribution is 2.35. The molecule has 2 aromatic rings. The maximum Gasteiger partial charge on any atom is 0.418 e. The van der Waals surface area contributed by atoms with Gasteiger partial charge in [-0.3, -0.25) is 15.6 Å². The Kier molecular flexibility index (Phi) is 4.69. The van der Waals surface area contributed by atoms with Gasteiger partial charge in [-0.05, 0) is 30.3 Å². The lowest BCUT2D eigenvalue weighted by molar-refractivity contribution is -0.137. The molecule has 124 valence electrons. The number of anilines is 1. The van der Waals surface area contributed by atoms with Gasteiger partial charge in [0.25, 0.3) is 5.91 Å². The molecule has 2 N–H and O–H groups in total. The van der Waals surface area contributed by atoms with E-state index in [1.54, 1.807) is 6.07 Å². The molecule has 0 saturated heterocycles. The van der Waals surface area contributed by atoms with Crippen molar-refractivity contribution in [2.45, 2.75) is 6.18 Å². The van der Waals surface area contributed by atoms with Crippen molar-refractivity contribution < 1.29 is 26.7 Å². The third-order valence-electron chi connectivity index (χ3n) is 2.96. The number of rotatable bonds is 3. The van der Waals surface area contributed by atoms with Gasteiger partial charge < -0.3 is 0 Å². The summed E-state index contributed by atoms with van der Waals surface area (Å²) >= 11 is 0. The molecule has 0 radical (unpaired) electrons. The van der Waals surface area contributed by atoms with E-state index >= 15 is 0 Å². The van der Waals surface area contributed by atoms with E-state index < -0.39 is 40.5 Å². The average molecular weight is 341 g/mol. The van der Waals surface area contributed by atoms with Crippen LogP contribution in [0.1, 0.15) is 21.5 Å². The quantitative estimate of drug-likeness (QED) is 0.662. The number of alkyl halides is 3. The third kappa shape index (κ3) is 3.60. The van der Waals surface area contributed by atoms with Gasteiger partial charge in [-0.25, -0.2) is 8.78 Å². The number of halogens is 5. The molecule has 0 saturated carbocycles. The fraction of sp³-hybridized carbons (Fsp3) is 0.0667. The predicted molar refractivity (Wildman–Crippen MR) is 73.6 cm³/mol. The van der Waals surface area contributed by atoms with E-state index in [1.165, 1.54) is 0 Å². The van der Waals surface area contributed by atoms with Gasteiger partial charge in [-0.15, -0.1) is 0 Å². The number of nitriles is 1. The lowest BCUT2D eigenvalue weighted by atomic mass is 10.1. The van der Waals surface area contributed by atoms with Crippen LogP contribution in [0.15, 0.2) is 36.4 Å². The second-order valence-corrected chi connectivity index (χ2v) is 4.55. The molecule has 0 atom stereocenters. The number of hydrogen-bond donors (Lipinski definition) is 2. The summed E-state index contributed by atoms with van der Waals surface area (Å²) < 4.78 is 65.4. The van der Waals surface area contributed by atoms with Crippen LogP contribution in [0.5, 0.6) is 0 Å². The molecular weight excluding hydrogens is 333 g/mol. The number of benzene rings is 2. The minimum Gasteiger partial charge on any atom is -0.298 e. The molecule has 1 amide bonds. The first kappa shape index (κ1) is 17.2. The number of nitrogens with zero attached hydrogens (tertiary/aromatic N) is 1. The number of hydrogen-bond acceptors (Lipinski definition) is 3. The van der Waals surface area contributed by atoms with Crippen molar-refractivity contribution in [3.63, 3.8) is 0 Å². The van der Waals surface area contributed by atoms with Crippen molar-refractivity contribution in [2.75, 3.05) is 5.43 Å². The first-order valence-corrected chi connectivity index (χ1v) is 6.35. The SMILES string of the molecule is N#Cc1ccc(NNC(=O)c2cccc(F)c2F)c(C(F)(F)F)c1. The second-order valence-electron chi connectivity index (χ2n) is 4.55. The maximum absolute atomic E-state index is 13.5. The number of carbonyl (C=O) groups is 1. The fourth-order valence-corrected chi connectivity index (χ4v) is 1.83. The van der Waals surface area contributed by atoms with E-state index in [1.807, 2.05) is 10.9 Å². The van der Waals surface area contributed by atoms with Gasteiger partial charge in [0.1, 0.15) is 0 Å². The average Bonchev–Trinajstić information content (AvgIpc) is 2.54. The number of carbonyl (C=O) groups excluding carboxylic acids is 1. The highest BCUT2D eigenvalue weighted by Gasteiger charge is 2.34. The number of nitrogens with one attached hydrogen (secondary N) is 2. The molecule has 4 nitrogen and oxygen atoms in total. The minimum atomic E-state index is -4.79. The molecule has 0 spiro atoms. The van der Waals surface area contributed by atoms with Gasteiger partial charge in [0.15, 0.2) is 11.6 Å². The molecule has 0 bridgehead atoms. The van der Waals surface area contributed by atoms with Crippen LogP contribution >= 0.6 is 0 Å². The van der Waals surface area contributed by atoms with E-state index in [9.17, 15) is 26.7 Å². The van der Waals surface area contributed by atoms with Crippen molar-refractivity contribution >= 4 is 11.6 Å². The molecule has 9 heteroatoms. The molecule has 0 aliphatic rings. The lowest BCUT2D eigenvalue weighted by Gasteiger charge is -2.15. The van der Waals surface area contributed by atoms with Crippen LogP contribution in [-0.2, 0) is 6.18 Å². The van der Waals surface area contributed by atoms with E-state index in [4.69, 9.17) is 5.26 Å². The first-order valence-electron chi connectivity index (χ1n) is 6.35. The fourth-order valence-electron chi connectivity index (χ4n) is 1.83. The molecule has 0 unspecified atom stereocenters. The monoisotopic (exact) mass is 341 g/mol. The zero-order valence-corrected chi connectivity index (χ0v) is 11.7. The van der Waals surface area contributed by atoms with Gasteiger partial charge >= 0.3 is 6.18 Å². The molecule has 0 aliphatic carbocycles. The van der Waals surface area contributed by atoms with E-state index in [2.05, 4.69) is 0 Å². The zero-order valence-electron chi connectivity index (χ0n) is 11.7. The van der Waals surface area contributed by atoms with Crippen LogP contribution in [0.4, 0.5) is 27.6 Å². The summed E-state index contributed by atoms with van der Waals surface area (Å²) in [6, 6.07) is 7.04. The summed E-state index contributed by atoms with van der Waals surface area (Å²) in [5, 5.41) is 8.66. The van der Waals surface area contributed by atoms with Crippen LogP contribution in [0.3, 0.4) is 0 Å². The Morgan fingerprint density at radius 1 is 1.12 bits per heavy atom. The maximum atomic E-state index is 13.5. The van der Waals surface area contributed by atoms with E-state index in [-0.39, 0.29) is 5.56 Å². The topological polar surface area (TPSA) is 64.9 Å². The normalized spacial score (nSPS) is 10.8.